The lowest BCUT2D eigenvalue weighted by molar-refractivity contribution is -0.147. The summed E-state index contributed by atoms with van der Waals surface area (Å²) in [5.41, 5.74) is 3.33. The van der Waals surface area contributed by atoms with Crippen LogP contribution >= 0.6 is 0 Å². The lowest BCUT2D eigenvalue weighted by atomic mass is 9.94. The molecule has 3 rings (SSSR count). The smallest absolute Gasteiger partial charge is 0.333 e. The molecule has 0 spiro atoms. The minimum absolute atomic E-state index is 0.121. The quantitative estimate of drug-likeness (QED) is 0.0564. The molecular formula is C42H54F2O7. The first-order chi connectivity index (χ1) is 24.6. The average molecular weight is 709 g/mol. The number of aliphatic hydroxyl groups is 1. The standard InChI is InChI=1S/C42H54F2O7/c1-30(2)41(46)50-26-12-15-33-28-35(39-37(43)17-11-18-38(39)44)29-34(16-13-27-51-42(47)31(3)4)40(33)49-25-9-5-7-14-32-19-21-36(22-20-32)48-24-10-6-8-23-45/h11,17-22,28-29,31,45H,1,5-10,12-16,23-27H2,2-4H3. The van der Waals surface area contributed by atoms with Crippen molar-refractivity contribution in [1.29, 1.82) is 0 Å². The lowest BCUT2D eigenvalue weighted by Gasteiger charge is -2.19. The number of halogens is 2. The highest BCUT2D eigenvalue weighted by atomic mass is 19.1. The van der Waals surface area contributed by atoms with Crippen molar-refractivity contribution >= 4 is 11.9 Å². The number of benzene rings is 3. The summed E-state index contributed by atoms with van der Waals surface area (Å²) < 4.78 is 52.9. The maximum Gasteiger partial charge on any atom is 0.333 e. The van der Waals surface area contributed by atoms with E-state index < -0.39 is 17.6 Å². The van der Waals surface area contributed by atoms with Crippen molar-refractivity contribution < 1.29 is 42.4 Å². The van der Waals surface area contributed by atoms with Gasteiger partial charge in [-0.25, -0.2) is 13.6 Å². The Balaban J connectivity index is 1.70. The maximum absolute atomic E-state index is 15.0. The molecule has 0 aliphatic rings. The highest BCUT2D eigenvalue weighted by Gasteiger charge is 2.19. The topological polar surface area (TPSA) is 91.3 Å². The van der Waals surface area contributed by atoms with Crippen molar-refractivity contribution in [3.05, 3.63) is 95.1 Å². The summed E-state index contributed by atoms with van der Waals surface area (Å²) in [6.45, 7) is 10.4. The minimum atomic E-state index is -0.668. The van der Waals surface area contributed by atoms with Crippen molar-refractivity contribution in [2.24, 2.45) is 5.92 Å². The molecule has 0 heterocycles. The van der Waals surface area contributed by atoms with Gasteiger partial charge in [0.1, 0.15) is 23.1 Å². The van der Waals surface area contributed by atoms with Gasteiger partial charge in [-0.1, -0.05) is 38.6 Å². The van der Waals surface area contributed by atoms with Gasteiger partial charge in [0, 0.05) is 12.2 Å². The van der Waals surface area contributed by atoms with Gasteiger partial charge in [0.15, 0.2) is 0 Å². The van der Waals surface area contributed by atoms with Gasteiger partial charge < -0.3 is 24.1 Å². The fourth-order valence-corrected chi connectivity index (χ4v) is 5.50. The first kappa shape index (κ1) is 41.2. The van der Waals surface area contributed by atoms with E-state index in [1.165, 1.54) is 23.8 Å². The van der Waals surface area contributed by atoms with E-state index in [9.17, 15) is 18.4 Å². The number of ether oxygens (including phenoxy) is 4. The van der Waals surface area contributed by atoms with Crippen LogP contribution in [0.15, 0.2) is 66.7 Å². The zero-order valence-corrected chi connectivity index (χ0v) is 30.4. The van der Waals surface area contributed by atoms with Gasteiger partial charge in [0.25, 0.3) is 0 Å². The summed E-state index contributed by atoms with van der Waals surface area (Å²) in [5, 5.41) is 8.90. The van der Waals surface area contributed by atoms with Crippen molar-refractivity contribution in [2.75, 3.05) is 33.0 Å². The molecule has 0 fully saturated rings. The van der Waals surface area contributed by atoms with Gasteiger partial charge in [-0.05, 0) is 136 Å². The third-order valence-corrected chi connectivity index (χ3v) is 8.32. The Hall–Kier alpha value is -4.24. The molecule has 0 bridgehead atoms. The molecule has 3 aromatic rings. The predicted octanol–water partition coefficient (Wildman–Crippen LogP) is 9.15. The summed E-state index contributed by atoms with van der Waals surface area (Å²) in [4.78, 5) is 24.0. The van der Waals surface area contributed by atoms with Gasteiger partial charge in [-0.15, -0.1) is 0 Å². The van der Waals surface area contributed by atoms with Crippen LogP contribution in [0.5, 0.6) is 11.5 Å². The fraction of sp³-hybridized carbons (Fsp3) is 0.476. The average Bonchev–Trinajstić information content (AvgIpc) is 3.10. The minimum Gasteiger partial charge on any atom is -0.494 e. The van der Waals surface area contributed by atoms with E-state index >= 15 is 0 Å². The number of carbonyl (C=O) groups excluding carboxylic acids is 2. The Labute approximate surface area is 302 Å². The second kappa shape index (κ2) is 22.6. The number of aryl methyl sites for hydroxylation is 3. The second-order valence-electron chi connectivity index (χ2n) is 13.1. The number of hydrogen-bond acceptors (Lipinski definition) is 7. The molecule has 0 amide bonds. The van der Waals surface area contributed by atoms with Crippen LogP contribution in [0.25, 0.3) is 11.1 Å². The summed E-state index contributed by atoms with van der Waals surface area (Å²) in [7, 11) is 0. The molecule has 7 nitrogen and oxygen atoms in total. The van der Waals surface area contributed by atoms with Crippen LogP contribution in [-0.4, -0.2) is 50.1 Å². The van der Waals surface area contributed by atoms with Crippen molar-refractivity contribution in [3.63, 3.8) is 0 Å². The first-order valence-corrected chi connectivity index (χ1v) is 18.2. The first-order valence-electron chi connectivity index (χ1n) is 18.2. The highest BCUT2D eigenvalue weighted by Crippen LogP contribution is 2.35. The number of unbranched alkanes of at least 4 members (excludes halogenated alkanes) is 4. The highest BCUT2D eigenvalue weighted by molar-refractivity contribution is 5.86. The van der Waals surface area contributed by atoms with Gasteiger partial charge >= 0.3 is 11.9 Å². The zero-order chi connectivity index (χ0) is 37.0. The summed E-state index contributed by atoms with van der Waals surface area (Å²) >= 11 is 0. The zero-order valence-electron chi connectivity index (χ0n) is 30.4. The van der Waals surface area contributed by atoms with Crippen LogP contribution in [-0.2, 0) is 38.3 Å². The van der Waals surface area contributed by atoms with E-state index in [0.29, 0.717) is 55.8 Å². The maximum atomic E-state index is 15.0. The van der Waals surface area contributed by atoms with Crippen LogP contribution < -0.4 is 9.47 Å². The molecular weight excluding hydrogens is 654 g/mol. The number of esters is 2. The Morgan fingerprint density at radius 2 is 1.31 bits per heavy atom. The Morgan fingerprint density at radius 1 is 0.725 bits per heavy atom. The summed E-state index contributed by atoms with van der Waals surface area (Å²) in [6, 6.07) is 15.5. The largest absolute Gasteiger partial charge is 0.494 e. The molecule has 0 atom stereocenters. The summed E-state index contributed by atoms with van der Waals surface area (Å²) in [6.07, 6.45) is 8.19. The van der Waals surface area contributed by atoms with E-state index in [1.807, 2.05) is 12.1 Å². The van der Waals surface area contributed by atoms with E-state index in [4.69, 9.17) is 24.1 Å². The molecule has 0 radical (unpaired) electrons. The van der Waals surface area contributed by atoms with E-state index in [0.717, 1.165) is 61.8 Å². The molecule has 0 aromatic heterocycles. The molecule has 3 aromatic carbocycles. The Kier molecular flexibility index (Phi) is 18.2. The lowest BCUT2D eigenvalue weighted by Crippen LogP contribution is -2.13. The molecule has 51 heavy (non-hydrogen) atoms. The van der Waals surface area contributed by atoms with Gasteiger partial charge in [-0.2, -0.15) is 0 Å². The molecule has 0 aliphatic carbocycles. The monoisotopic (exact) mass is 708 g/mol. The molecule has 0 unspecified atom stereocenters. The van der Waals surface area contributed by atoms with E-state index in [-0.39, 0.29) is 37.3 Å². The van der Waals surface area contributed by atoms with Crippen LogP contribution in [0.2, 0.25) is 0 Å². The van der Waals surface area contributed by atoms with Crippen LogP contribution in [0, 0.1) is 17.6 Å². The van der Waals surface area contributed by atoms with Crippen molar-refractivity contribution in [1.82, 2.24) is 0 Å². The number of aliphatic hydroxyl groups excluding tert-OH is 1. The second-order valence-corrected chi connectivity index (χ2v) is 13.1. The molecule has 0 saturated heterocycles. The Morgan fingerprint density at radius 3 is 1.90 bits per heavy atom. The van der Waals surface area contributed by atoms with E-state index in [2.05, 4.69) is 18.7 Å². The van der Waals surface area contributed by atoms with Gasteiger partial charge in [0.2, 0.25) is 0 Å². The predicted molar refractivity (Wildman–Crippen MR) is 196 cm³/mol. The van der Waals surface area contributed by atoms with E-state index in [1.54, 1.807) is 32.9 Å². The van der Waals surface area contributed by atoms with Crippen LogP contribution in [0.4, 0.5) is 8.78 Å². The molecule has 1 N–H and O–H groups in total. The van der Waals surface area contributed by atoms with Gasteiger partial charge in [0.05, 0.1) is 37.9 Å². The Bertz CT molecular complexity index is 1510. The third-order valence-electron chi connectivity index (χ3n) is 8.32. The SMILES string of the molecule is C=C(C)C(=O)OCCCc1cc(-c2c(F)cccc2F)cc(CCCOC(=O)C(C)C)c1OCCCCCc1ccc(OCCCCCO)cc1. The third kappa shape index (κ3) is 14.5. The molecule has 0 saturated carbocycles. The van der Waals surface area contributed by atoms with Crippen molar-refractivity contribution in [2.45, 2.75) is 91.4 Å². The van der Waals surface area contributed by atoms with Crippen molar-refractivity contribution in [3.8, 4) is 22.6 Å². The molecule has 9 heteroatoms. The number of rotatable bonds is 24. The van der Waals surface area contributed by atoms with Crippen LogP contribution in [0.1, 0.15) is 88.8 Å². The molecule has 278 valence electrons. The van der Waals surface area contributed by atoms with Crippen LogP contribution in [0.3, 0.4) is 0 Å². The number of hydrogen-bond donors (Lipinski definition) is 1. The number of carbonyl (C=O) groups is 2. The van der Waals surface area contributed by atoms with Gasteiger partial charge in [-0.3, -0.25) is 4.79 Å². The summed E-state index contributed by atoms with van der Waals surface area (Å²) in [5.74, 6) is -0.847. The molecule has 0 aliphatic heterocycles. The fourth-order valence-electron chi connectivity index (χ4n) is 5.50. The normalized spacial score (nSPS) is 11.0.